The third-order valence-electron chi connectivity index (χ3n) is 5.55. The van der Waals surface area contributed by atoms with Crippen molar-refractivity contribution in [3.8, 4) is 0 Å². The zero-order valence-electron chi connectivity index (χ0n) is 14.4. The number of alkyl halides is 3. The lowest BCUT2D eigenvalue weighted by Gasteiger charge is -2.38. The maximum absolute atomic E-state index is 13.4. The van der Waals surface area contributed by atoms with Crippen LogP contribution in [0, 0.1) is 18.8 Å². The highest BCUT2D eigenvalue weighted by Crippen LogP contribution is 2.51. The molecule has 0 saturated carbocycles. The number of hydrogen-bond acceptors (Lipinski definition) is 6. The predicted octanol–water partition coefficient (Wildman–Crippen LogP) is 1.38. The molecule has 0 radical (unpaired) electrons. The van der Waals surface area contributed by atoms with E-state index in [2.05, 4.69) is 15.0 Å². The Bertz CT molecular complexity index is 672. The minimum absolute atomic E-state index is 0.385. The third kappa shape index (κ3) is 3.20. The van der Waals surface area contributed by atoms with Gasteiger partial charge in [0.05, 0.1) is 30.6 Å². The summed E-state index contributed by atoms with van der Waals surface area (Å²) in [5.41, 5.74) is 0. The maximum atomic E-state index is 13.4. The average Bonchev–Trinajstić information content (AvgIpc) is 3.30. The van der Waals surface area contributed by atoms with Crippen molar-refractivity contribution in [2.24, 2.45) is 11.8 Å². The first-order valence-electron chi connectivity index (χ1n) is 8.85. The van der Waals surface area contributed by atoms with Crippen LogP contribution in [0.5, 0.6) is 0 Å². The van der Waals surface area contributed by atoms with E-state index < -0.39 is 36.1 Å². The highest BCUT2D eigenvalue weighted by atomic mass is 19.4. The minimum atomic E-state index is -4.40. The van der Waals surface area contributed by atoms with E-state index in [0.717, 1.165) is 0 Å². The predicted molar refractivity (Wildman–Crippen MR) is 81.8 cm³/mol. The highest BCUT2D eigenvalue weighted by molar-refractivity contribution is 5.80. The van der Waals surface area contributed by atoms with Gasteiger partial charge in [0.15, 0.2) is 5.82 Å². The summed E-state index contributed by atoms with van der Waals surface area (Å²) in [6.45, 7) is 4.12. The number of aryl methyl sites for hydroxylation is 1. The Morgan fingerprint density at radius 1 is 1.19 bits per heavy atom. The first kappa shape index (κ1) is 17.7. The van der Waals surface area contributed by atoms with Gasteiger partial charge in [-0.05, 0) is 19.8 Å². The number of hydrogen-bond donors (Lipinski definition) is 0. The van der Waals surface area contributed by atoms with Gasteiger partial charge >= 0.3 is 6.18 Å². The van der Waals surface area contributed by atoms with Crippen molar-refractivity contribution in [3.05, 3.63) is 11.7 Å². The van der Waals surface area contributed by atoms with E-state index in [1.54, 1.807) is 11.8 Å². The van der Waals surface area contributed by atoms with E-state index in [9.17, 15) is 18.0 Å². The molecular weight excluding hydrogens is 353 g/mol. The Morgan fingerprint density at radius 3 is 2.50 bits per heavy atom. The number of halogens is 3. The van der Waals surface area contributed by atoms with Gasteiger partial charge in [0.2, 0.25) is 11.8 Å². The van der Waals surface area contributed by atoms with Gasteiger partial charge in [-0.15, -0.1) is 0 Å². The molecule has 144 valence electrons. The molecule has 3 aliphatic rings. The molecule has 1 aromatic heterocycles. The lowest BCUT2D eigenvalue weighted by molar-refractivity contribution is -0.199. The van der Waals surface area contributed by atoms with Crippen LogP contribution in [0.4, 0.5) is 13.2 Å². The lowest BCUT2D eigenvalue weighted by atomic mass is 9.78. The molecule has 26 heavy (non-hydrogen) atoms. The second-order valence-corrected chi connectivity index (χ2v) is 7.22. The monoisotopic (exact) mass is 374 g/mol. The molecule has 0 spiro atoms. The van der Waals surface area contributed by atoms with Crippen LogP contribution >= 0.6 is 0 Å². The second kappa shape index (κ2) is 6.49. The van der Waals surface area contributed by atoms with Crippen LogP contribution in [0.1, 0.15) is 24.6 Å². The largest absolute Gasteiger partial charge is 0.395 e. The number of carbonyl (C=O) groups is 1. The van der Waals surface area contributed by atoms with Crippen molar-refractivity contribution >= 4 is 5.91 Å². The number of aromatic nitrogens is 2. The number of piperazine rings is 1. The van der Waals surface area contributed by atoms with E-state index in [4.69, 9.17) is 9.26 Å². The standard InChI is InChI=1S/C16H21F3N4O3/c1-9-20-12(26-21-9)8-22-4-6-23(7-5-22)15(24)13-10-2-3-11(25-10)14(13)16(17,18)19/h10-11,13-14H,2-8H2,1H3. The Kier molecular flexibility index (Phi) is 4.42. The second-order valence-electron chi connectivity index (χ2n) is 7.22. The van der Waals surface area contributed by atoms with Gasteiger partial charge in [-0.1, -0.05) is 5.16 Å². The zero-order valence-corrected chi connectivity index (χ0v) is 14.4. The Balaban J connectivity index is 1.37. The maximum Gasteiger partial charge on any atom is 0.395 e. The Morgan fingerprint density at radius 2 is 1.88 bits per heavy atom. The molecule has 4 heterocycles. The molecule has 0 aliphatic carbocycles. The fourth-order valence-electron chi connectivity index (χ4n) is 4.34. The van der Waals surface area contributed by atoms with E-state index >= 15 is 0 Å². The minimum Gasteiger partial charge on any atom is -0.373 e. The van der Waals surface area contributed by atoms with Crippen molar-refractivity contribution in [2.45, 2.75) is 44.7 Å². The van der Waals surface area contributed by atoms with Crippen molar-refractivity contribution in [1.82, 2.24) is 19.9 Å². The van der Waals surface area contributed by atoms with Crippen LogP contribution in [0.2, 0.25) is 0 Å². The summed E-state index contributed by atoms with van der Waals surface area (Å²) in [6, 6.07) is 0. The van der Waals surface area contributed by atoms with E-state index in [1.165, 1.54) is 0 Å². The summed E-state index contributed by atoms with van der Waals surface area (Å²) in [5, 5.41) is 3.73. The summed E-state index contributed by atoms with van der Waals surface area (Å²) >= 11 is 0. The molecule has 3 aliphatic heterocycles. The van der Waals surface area contributed by atoms with E-state index in [-0.39, 0.29) is 0 Å². The van der Waals surface area contributed by atoms with Gasteiger partial charge in [0, 0.05) is 26.2 Å². The summed E-state index contributed by atoms with van der Waals surface area (Å²) in [6.07, 6.45) is -4.95. The smallest absolute Gasteiger partial charge is 0.373 e. The van der Waals surface area contributed by atoms with Crippen LogP contribution < -0.4 is 0 Å². The summed E-state index contributed by atoms with van der Waals surface area (Å²) in [4.78, 5) is 20.5. The molecule has 1 aromatic rings. The topological polar surface area (TPSA) is 71.7 Å². The average molecular weight is 374 g/mol. The summed E-state index contributed by atoms with van der Waals surface area (Å²) in [7, 11) is 0. The molecule has 3 fully saturated rings. The molecule has 2 bridgehead atoms. The molecule has 4 unspecified atom stereocenters. The molecule has 7 nitrogen and oxygen atoms in total. The Labute approximate surface area is 148 Å². The number of ether oxygens (including phenoxy) is 1. The molecule has 3 saturated heterocycles. The van der Waals surface area contributed by atoms with Crippen LogP contribution in [0.25, 0.3) is 0 Å². The SMILES string of the molecule is Cc1noc(CN2CCN(C(=O)C3C4CCC(O4)C3C(F)(F)F)CC2)n1. The number of fused-ring (bicyclic) bond motifs is 2. The van der Waals surface area contributed by atoms with Crippen LogP contribution in [-0.2, 0) is 16.1 Å². The molecule has 10 heteroatoms. The van der Waals surface area contributed by atoms with Crippen LogP contribution in [-0.4, -0.2) is 70.4 Å². The van der Waals surface area contributed by atoms with Crippen molar-refractivity contribution in [2.75, 3.05) is 26.2 Å². The van der Waals surface area contributed by atoms with Crippen LogP contribution in [0.3, 0.4) is 0 Å². The van der Waals surface area contributed by atoms with Gasteiger partial charge in [0.1, 0.15) is 0 Å². The molecule has 4 atom stereocenters. The molecular formula is C16H21F3N4O3. The number of rotatable bonds is 3. The summed E-state index contributed by atoms with van der Waals surface area (Å²) < 4.78 is 50.8. The first-order chi connectivity index (χ1) is 12.3. The van der Waals surface area contributed by atoms with Crippen molar-refractivity contribution in [1.29, 1.82) is 0 Å². The van der Waals surface area contributed by atoms with Gasteiger partial charge in [-0.25, -0.2) is 0 Å². The van der Waals surface area contributed by atoms with E-state index in [0.29, 0.717) is 57.3 Å². The van der Waals surface area contributed by atoms with Gasteiger partial charge in [-0.2, -0.15) is 18.2 Å². The zero-order chi connectivity index (χ0) is 18.5. The highest BCUT2D eigenvalue weighted by Gasteiger charge is 2.63. The van der Waals surface area contributed by atoms with Gasteiger partial charge in [-0.3, -0.25) is 9.69 Å². The number of amides is 1. The normalized spacial score (nSPS) is 32.4. The summed E-state index contributed by atoms with van der Waals surface area (Å²) in [5.74, 6) is -2.14. The molecule has 4 rings (SSSR count). The molecule has 1 amide bonds. The van der Waals surface area contributed by atoms with Crippen LogP contribution in [0.15, 0.2) is 4.52 Å². The fourth-order valence-corrected chi connectivity index (χ4v) is 4.34. The fraction of sp³-hybridized carbons (Fsp3) is 0.812. The Hall–Kier alpha value is -1.68. The van der Waals surface area contributed by atoms with Gasteiger partial charge in [0.25, 0.3) is 0 Å². The number of nitrogens with zero attached hydrogens (tertiary/aromatic N) is 4. The quantitative estimate of drug-likeness (QED) is 0.796. The third-order valence-corrected chi connectivity index (χ3v) is 5.55. The number of carbonyl (C=O) groups excluding carboxylic acids is 1. The van der Waals surface area contributed by atoms with E-state index in [1.807, 2.05) is 0 Å². The molecule has 0 N–H and O–H groups in total. The van der Waals surface area contributed by atoms with Gasteiger partial charge < -0.3 is 14.2 Å². The van der Waals surface area contributed by atoms with Crippen molar-refractivity contribution < 1.29 is 27.2 Å². The lowest BCUT2D eigenvalue weighted by Crippen LogP contribution is -2.53. The molecule has 0 aromatic carbocycles. The first-order valence-corrected chi connectivity index (χ1v) is 8.85. The van der Waals surface area contributed by atoms with Crippen molar-refractivity contribution in [3.63, 3.8) is 0 Å².